The number of pyridine rings is 1. The molecule has 5 rings (SSSR count). The van der Waals surface area contributed by atoms with Crippen LogP contribution in [0.15, 0.2) is 46.3 Å². The molecule has 152 valence electrons. The van der Waals surface area contributed by atoms with Crippen molar-refractivity contribution in [3.63, 3.8) is 0 Å². The molecule has 1 N–H and O–H groups in total. The van der Waals surface area contributed by atoms with Crippen molar-refractivity contribution in [1.82, 2.24) is 15.2 Å². The van der Waals surface area contributed by atoms with Gasteiger partial charge in [0.05, 0.1) is 17.9 Å². The van der Waals surface area contributed by atoms with Crippen LogP contribution in [0.25, 0.3) is 0 Å². The maximum absolute atomic E-state index is 13.1. The number of aromatic nitrogens is 1. The average molecular weight is 410 g/mol. The highest BCUT2D eigenvalue weighted by molar-refractivity contribution is 7.07. The summed E-state index contributed by atoms with van der Waals surface area (Å²) in [6, 6.07) is 6.32. The number of carbonyl (C=O) groups excluding carboxylic acids is 1. The largest absolute Gasteiger partial charge is 0.328 e. The number of aliphatic imine (C=N–C) groups is 1. The van der Waals surface area contributed by atoms with Crippen LogP contribution in [0.4, 0.5) is 10.5 Å². The number of nitrogens with zero attached hydrogens (tertiary/aromatic N) is 4. The van der Waals surface area contributed by atoms with E-state index in [0.717, 1.165) is 56.8 Å². The molecule has 4 heterocycles. The fraction of sp³-hybridized carbons (Fsp3) is 0.500. The molecule has 1 atom stereocenters. The summed E-state index contributed by atoms with van der Waals surface area (Å²) in [4.78, 5) is 26.9. The Morgan fingerprint density at radius 1 is 1.28 bits per heavy atom. The number of piperidine rings is 1. The number of hydrogen-bond donors (Lipinski definition) is 1. The maximum atomic E-state index is 13.1. The first-order valence-corrected chi connectivity index (χ1v) is 11.5. The molecule has 2 amide bonds. The Hall–Kier alpha value is -2.25. The first-order chi connectivity index (χ1) is 14.2. The topological polar surface area (TPSA) is 60.8 Å². The number of nitrogens with one attached hydrogen (secondary N) is 1. The van der Waals surface area contributed by atoms with Crippen molar-refractivity contribution in [1.29, 1.82) is 0 Å². The summed E-state index contributed by atoms with van der Waals surface area (Å²) >= 11 is 1.74. The molecule has 3 fully saturated rings. The van der Waals surface area contributed by atoms with Gasteiger partial charge in [0.15, 0.2) is 0 Å². The molecular weight excluding hydrogens is 382 g/mol. The predicted octanol–water partition coefficient (Wildman–Crippen LogP) is 4.05. The van der Waals surface area contributed by atoms with Crippen LogP contribution in [-0.2, 0) is 6.54 Å². The average Bonchev–Trinajstić information content (AvgIpc) is 3.47. The number of likely N-dealkylation sites (tertiary alicyclic amines) is 1. The lowest BCUT2D eigenvalue weighted by Crippen LogP contribution is -2.60. The Morgan fingerprint density at radius 3 is 2.93 bits per heavy atom. The molecule has 1 aliphatic carbocycles. The van der Waals surface area contributed by atoms with Gasteiger partial charge in [-0.2, -0.15) is 11.3 Å². The highest BCUT2D eigenvalue weighted by Gasteiger charge is 2.53. The fourth-order valence-electron chi connectivity index (χ4n) is 5.07. The number of urea groups is 1. The summed E-state index contributed by atoms with van der Waals surface area (Å²) in [6.45, 7) is 2.75. The van der Waals surface area contributed by atoms with Gasteiger partial charge in [0.1, 0.15) is 11.4 Å². The molecule has 2 aromatic heterocycles. The van der Waals surface area contributed by atoms with E-state index in [1.165, 1.54) is 18.4 Å². The first-order valence-electron chi connectivity index (χ1n) is 10.6. The lowest BCUT2D eigenvalue weighted by atomic mass is 9.86. The van der Waals surface area contributed by atoms with Gasteiger partial charge in [0.2, 0.25) is 0 Å². The molecule has 2 saturated heterocycles. The van der Waals surface area contributed by atoms with Gasteiger partial charge in [-0.15, -0.1) is 0 Å². The lowest BCUT2D eigenvalue weighted by molar-refractivity contribution is 0.176. The van der Waals surface area contributed by atoms with Crippen molar-refractivity contribution >= 4 is 28.9 Å². The summed E-state index contributed by atoms with van der Waals surface area (Å²) in [7, 11) is 0. The second-order valence-corrected chi connectivity index (χ2v) is 9.15. The normalized spacial score (nSPS) is 27.2. The van der Waals surface area contributed by atoms with E-state index in [1.54, 1.807) is 23.7 Å². The molecule has 3 aliphatic rings. The Labute approximate surface area is 175 Å². The van der Waals surface area contributed by atoms with Crippen molar-refractivity contribution in [3.8, 4) is 0 Å². The van der Waals surface area contributed by atoms with Crippen molar-refractivity contribution in [2.75, 3.05) is 18.0 Å². The molecule has 2 aliphatic heterocycles. The van der Waals surface area contributed by atoms with Crippen molar-refractivity contribution in [2.24, 2.45) is 4.99 Å². The maximum Gasteiger partial charge on any atom is 0.328 e. The van der Waals surface area contributed by atoms with Crippen LogP contribution >= 0.6 is 11.3 Å². The van der Waals surface area contributed by atoms with Crippen molar-refractivity contribution in [3.05, 3.63) is 46.9 Å². The highest BCUT2D eigenvalue weighted by Crippen LogP contribution is 2.38. The lowest BCUT2D eigenvalue weighted by Gasteiger charge is -2.44. The zero-order valence-electron chi connectivity index (χ0n) is 16.6. The predicted molar refractivity (Wildman–Crippen MR) is 116 cm³/mol. The van der Waals surface area contributed by atoms with Crippen LogP contribution in [0.3, 0.4) is 0 Å². The zero-order valence-corrected chi connectivity index (χ0v) is 17.4. The SMILES string of the molecule is O=C1NC(=NC2CCCC2)C2(CCCN(Cc3ccsc3)C2)N1c1cccnc1. The highest BCUT2D eigenvalue weighted by atomic mass is 32.1. The van der Waals surface area contributed by atoms with Crippen LogP contribution in [0.1, 0.15) is 44.1 Å². The zero-order chi connectivity index (χ0) is 19.7. The van der Waals surface area contributed by atoms with Gasteiger partial charge in [-0.05, 0) is 66.8 Å². The van der Waals surface area contributed by atoms with E-state index in [2.05, 4.69) is 32.0 Å². The molecule has 1 saturated carbocycles. The van der Waals surface area contributed by atoms with E-state index in [4.69, 9.17) is 4.99 Å². The molecule has 2 aromatic rings. The second-order valence-electron chi connectivity index (χ2n) is 8.37. The third kappa shape index (κ3) is 3.57. The van der Waals surface area contributed by atoms with E-state index in [9.17, 15) is 4.79 Å². The van der Waals surface area contributed by atoms with Crippen LogP contribution in [0.5, 0.6) is 0 Å². The minimum absolute atomic E-state index is 0.0767. The number of carbonyl (C=O) groups is 1. The molecule has 6 nitrogen and oxygen atoms in total. The monoisotopic (exact) mass is 409 g/mol. The third-order valence-electron chi connectivity index (χ3n) is 6.37. The third-order valence-corrected chi connectivity index (χ3v) is 7.11. The number of hydrogen-bond acceptors (Lipinski definition) is 5. The standard InChI is InChI=1S/C22H27N5OS/c28-21-25-20(24-18-5-1-2-6-18)22(27(21)19-7-3-10-23-13-19)9-4-11-26(16-22)14-17-8-12-29-15-17/h3,7-8,10,12-13,15,18H,1-2,4-6,9,11,14,16H2,(H,24,25,28). The van der Waals surface area contributed by atoms with Gasteiger partial charge in [0, 0.05) is 19.3 Å². The molecule has 1 unspecified atom stereocenters. The number of thiophene rings is 1. The Balaban J connectivity index is 1.51. The van der Waals surface area contributed by atoms with Gasteiger partial charge in [-0.3, -0.25) is 25.1 Å². The number of rotatable bonds is 4. The second kappa shape index (κ2) is 7.88. The van der Waals surface area contributed by atoms with E-state index < -0.39 is 5.54 Å². The minimum Gasteiger partial charge on any atom is -0.296 e. The van der Waals surface area contributed by atoms with Crippen LogP contribution in [-0.4, -0.2) is 46.4 Å². The summed E-state index contributed by atoms with van der Waals surface area (Å²) in [5.74, 6) is 0.869. The van der Waals surface area contributed by atoms with E-state index in [-0.39, 0.29) is 6.03 Å². The first kappa shape index (κ1) is 18.8. The number of amides is 2. The Morgan fingerprint density at radius 2 is 2.17 bits per heavy atom. The molecule has 1 spiro atoms. The minimum atomic E-state index is -0.434. The molecule has 7 heteroatoms. The molecular formula is C22H27N5OS. The molecule has 0 radical (unpaired) electrons. The van der Waals surface area contributed by atoms with Gasteiger partial charge < -0.3 is 0 Å². The van der Waals surface area contributed by atoms with E-state index in [1.807, 2.05) is 17.0 Å². The molecule has 0 aromatic carbocycles. The summed E-state index contributed by atoms with van der Waals surface area (Å²) in [5.41, 5.74) is 1.75. The summed E-state index contributed by atoms with van der Waals surface area (Å²) in [6.07, 6.45) is 10.2. The summed E-state index contributed by atoms with van der Waals surface area (Å²) < 4.78 is 0. The van der Waals surface area contributed by atoms with Crippen LogP contribution < -0.4 is 10.2 Å². The Kier molecular flexibility index (Phi) is 5.09. The van der Waals surface area contributed by atoms with Crippen LogP contribution in [0, 0.1) is 0 Å². The molecule has 29 heavy (non-hydrogen) atoms. The van der Waals surface area contributed by atoms with Crippen molar-refractivity contribution in [2.45, 2.75) is 56.7 Å². The quantitative estimate of drug-likeness (QED) is 0.829. The number of amidine groups is 1. The van der Waals surface area contributed by atoms with Gasteiger partial charge >= 0.3 is 6.03 Å². The van der Waals surface area contributed by atoms with Gasteiger partial charge in [0.25, 0.3) is 0 Å². The van der Waals surface area contributed by atoms with Crippen molar-refractivity contribution < 1.29 is 4.79 Å². The fourth-order valence-corrected chi connectivity index (χ4v) is 5.73. The van der Waals surface area contributed by atoms with Gasteiger partial charge in [-0.25, -0.2) is 4.79 Å². The van der Waals surface area contributed by atoms with E-state index >= 15 is 0 Å². The van der Waals surface area contributed by atoms with Gasteiger partial charge in [-0.1, -0.05) is 12.8 Å². The van der Waals surface area contributed by atoms with E-state index in [0.29, 0.717) is 6.04 Å². The number of anilines is 1. The Bertz CT molecular complexity index is 878. The smallest absolute Gasteiger partial charge is 0.296 e. The summed E-state index contributed by atoms with van der Waals surface area (Å²) in [5, 5.41) is 7.50. The van der Waals surface area contributed by atoms with Crippen LogP contribution in [0.2, 0.25) is 0 Å². The molecule has 0 bridgehead atoms.